The highest BCUT2D eigenvalue weighted by Gasteiger charge is 2.16. The Bertz CT molecular complexity index is 314. The Labute approximate surface area is 97.7 Å². The molecule has 0 saturated heterocycles. The first-order valence-corrected chi connectivity index (χ1v) is 5.89. The van der Waals surface area contributed by atoms with Crippen molar-refractivity contribution in [1.82, 2.24) is 15.1 Å². The minimum Gasteiger partial charge on any atom is -0.385 e. The highest BCUT2D eigenvalue weighted by molar-refractivity contribution is 5.05. The zero-order chi connectivity index (χ0) is 12.2. The molecule has 0 saturated carbocycles. The summed E-state index contributed by atoms with van der Waals surface area (Å²) in [6, 6.07) is 1.88. The number of rotatable bonds is 5. The molecule has 4 heteroatoms. The van der Waals surface area contributed by atoms with Gasteiger partial charge in [0.15, 0.2) is 0 Å². The van der Waals surface area contributed by atoms with Crippen LogP contribution in [0.1, 0.15) is 45.9 Å². The first kappa shape index (κ1) is 13.2. The average molecular weight is 225 g/mol. The second-order valence-corrected chi connectivity index (χ2v) is 5.13. The van der Waals surface area contributed by atoms with Crippen molar-refractivity contribution >= 4 is 0 Å². The maximum absolute atomic E-state index is 10.1. The lowest BCUT2D eigenvalue weighted by Gasteiger charge is -2.23. The predicted octanol–water partition coefficient (Wildman–Crippen LogP) is 1.71. The van der Waals surface area contributed by atoms with Gasteiger partial charge in [-0.15, -0.1) is 0 Å². The number of hydrogen-bond donors (Lipinski definition) is 2. The molecule has 0 spiro atoms. The number of aliphatic hydroxyl groups excluding tert-OH is 1. The first-order valence-electron chi connectivity index (χ1n) is 5.89. The van der Waals surface area contributed by atoms with E-state index in [4.69, 9.17) is 0 Å². The lowest BCUT2D eigenvalue weighted by Crippen LogP contribution is -2.38. The van der Waals surface area contributed by atoms with Gasteiger partial charge >= 0.3 is 0 Å². The van der Waals surface area contributed by atoms with Gasteiger partial charge in [-0.3, -0.25) is 4.68 Å². The largest absolute Gasteiger partial charge is 0.385 e. The molecule has 0 aliphatic carbocycles. The number of aromatic nitrogens is 2. The lowest BCUT2D eigenvalue weighted by molar-refractivity contribution is 0.153. The molecule has 1 aromatic heterocycles. The maximum Gasteiger partial charge on any atom is 0.108 e. The summed E-state index contributed by atoms with van der Waals surface area (Å²) in [6.07, 6.45) is 2.27. The van der Waals surface area contributed by atoms with Crippen LogP contribution in [-0.4, -0.2) is 27.0 Å². The third-order valence-electron chi connectivity index (χ3n) is 2.35. The SMILES string of the molecule is CCCn1nccc1C(O)CNC(C)(C)C. The molecule has 1 rings (SSSR count). The molecule has 0 aromatic carbocycles. The summed E-state index contributed by atoms with van der Waals surface area (Å²) in [6.45, 7) is 9.77. The van der Waals surface area contributed by atoms with Gasteiger partial charge in [-0.1, -0.05) is 6.92 Å². The Balaban J connectivity index is 2.58. The van der Waals surface area contributed by atoms with E-state index >= 15 is 0 Å². The van der Waals surface area contributed by atoms with E-state index in [2.05, 4.69) is 38.1 Å². The summed E-state index contributed by atoms with van der Waals surface area (Å²) in [5.74, 6) is 0. The third kappa shape index (κ3) is 3.94. The fourth-order valence-electron chi connectivity index (χ4n) is 1.53. The molecule has 16 heavy (non-hydrogen) atoms. The fraction of sp³-hybridized carbons (Fsp3) is 0.750. The summed E-state index contributed by atoms with van der Waals surface area (Å²) in [7, 11) is 0. The van der Waals surface area contributed by atoms with Gasteiger partial charge in [0.05, 0.1) is 5.69 Å². The Kier molecular flexibility index (Phi) is 4.50. The maximum atomic E-state index is 10.1. The van der Waals surface area contributed by atoms with Crippen molar-refractivity contribution in [2.45, 2.75) is 52.3 Å². The van der Waals surface area contributed by atoms with Gasteiger partial charge in [-0.05, 0) is 33.3 Å². The quantitative estimate of drug-likeness (QED) is 0.802. The molecule has 2 N–H and O–H groups in total. The van der Waals surface area contributed by atoms with Crippen LogP contribution in [0.5, 0.6) is 0 Å². The van der Waals surface area contributed by atoms with Crippen molar-refractivity contribution in [1.29, 1.82) is 0 Å². The van der Waals surface area contributed by atoms with Gasteiger partial charge in [0.25, 0.3) is 0 Å². The van der Waals surface area contributed by atoms with Crippen molar-refractivity contribution in [2.75, 3.05) is 6.54 Å². The van der Waals surface area contributed by atoms with Crippen LogP contribution >= 0.6 is 0 Å². The smallest absolute Gasteiger partial charge is 0.108 e. The summed E-state index contributed by atoms with van der Waals surface area (Å²) in [5, 5.41) is 17.5. The van der Waals surface area contributed by atoms with Gasteiger partial charge in [0.2, 0.25) is 0 Å². The van der Waals surface area contributed by atoms with Crippen molar-refractivity contribution in [3.63, 3.8) is 0 Å². The number of hydrogen-bond acceptors (Lipinski definition) is 3. The summed E-state index contributed by atoms with van der Waals surface area (Å²) in [4.78, 5) is 0. The Morgan fingerprint density at radius 2 is 2.19 bits per heavy atom. The van der Waals surface area contributed by atoms with Crippen LogP contribution in [0.25, 0.3) is 0 Å². The van der Waals surface area contributed by atoms with Crippen molar-refractivity contribution < 1.29 is 5.11 Å². The highest BCUT2D eigenvalue weighted by Crippen LogP contribution is 2.13. The van der Waals surface area contributed by atoms with Crippen LogP contribution in [0.2, 0.25) is 0 Å². The van der Waals surface area contributed by atoms with E-state index in [0.29, 0.717) is 6.54 Å². The number of nitrogens with zero attached hydrogens (tertiary/aromatic N) is 2. The molecule has 0 bridgehead atoms. The molecular weight excluding hydrogens is 202 g/mol. The van der Waals surface area contributed by atoms with Crippen molar-refractivity contribution in [2.24, 2.45) is 0 Å². The number of aliphatic hydroxyl groups is 1. The average Bonchev–Trinajstić information content (AvgIpc) is 2.62. The first-order chi connectivity index (χ1) is 7.44. The Morgan fingerprint density at radius 3 is 2.75 bits per heavy atom. The normalized spacial score (nSPS) is 14.1. The van der Waals surface area contributed by atoms with E-state index in [0.717, 1.165) is 18.7 Å². The van der Waals surface area contributed by atoms with E-state index < -0.39 is 6.10 Å². The summed E-state index contributed by atoms with van der Waals surface area (Å²) >= 11 is 0. The van der Waals surface area contributed by atoms with Gasteiger partial charge in [-0.25, -0.2) is 0 Å². The van der Waals surface area contributed by atoms with Gasteiger partial charge in [0, 0.05) is 24.8 Å². The zero-order valence-electron chi connectivity index (χ0n) is 10.7. The number of nitrogens with one attached hydrogen (secondary N) is 1. The van der Waals surface area contributed by atoms with Crippen molar-refractivity contribution in [3.8, 4) is 0 Å². The molecule has 1 atom stereocenters. The molecule has 4 nitrogen and oxygen atoms in total. The summed E-state index contributed by atoms with van der Waals surface area (Å²) in [5.41, 5.74) is 0.912. The Morgan fingerprint density at radius 1 is 1.50 bits per heavy atom. The number of aryl methyl sites for hydroxylation is 1. The molecule has 0 amide bonds. The van der Waals surface area contributed by atoms with E-state index in [1.165, 1.54) is 0 Å². The molecule has 0 aliphatic heterocycles. The van der Waals surface area contributed by atoms with Crippen LogP contribution < -0.4 is 5.32 Å². The summed E-state index contributed by atoms with van der Waals surface area (Å²) < 4.78 is 1.87. The predicted molar refractivity (Wildman–Crippen MR) is 65.2 cm³/mol. The second-order valence-electron chi connectivity index (χ2n) is 5.13. The molecule has 1 aromatic rings. The Hall–Kier alpha value is -0.870. The molecule has 0 fully saturated rings. The lowest BCUT2D eigenvalue weighted by atomic mass is 10.1. The number of β-amino-alcohol motifs (C(OH)–C–C–N with tert-alkyl or cyclic N) is 1. The standard InChI is InChI=1S/C12H23N3O/c1-5-8-15-10(6-7-14-15)11(16)9-13-12(2,3)4/h6-7,11,13,16H,5,8-9H2,1-4H3. The molecule has 0 radical (unpaired) electrons. The molecule has 1 heterocycles. The zero-order valence-corrected chi connectivity index (χ0v) is 10.7. The van der Waals surface area contributed by atoms with Crippen molar-refractivity contribution in [3.05, 3.63) is 18.0 Å². The third-order valence-corrected chi connectivity index (χ3v) is 2.35. The topological polar surface area (TPSA) is 50.1 Å². The van der Waals surface area contributed by atoms with Crippen LogP contribution in [0.4, 0.5) is 0 Å². The monoisotopic (exact) mass is 225 g/mol. The van der Waals surface area contributed by atoms with Crippen LogP contribution in [0.15, 0.2) is 12.3 Å². The van der Waals surface area contributed by atoms with E-state index in [-0.39, 0.29) is 5.54 Å². The van der Waals surface area contributed by atoms with Gasteiger partial charge in [0.1, 0.15) is 6.10 Å². The second kappa shape index (κ2) is 5.46. The minimum atomic E-state index is -0.492. The van der Waals surface area contributed by atoms with E-state index in [9.17, 15) is 5.11 Å². The molecule has 1 unspecified atom stereocenters. The minimum absolute atomic E-state index is 0.0244. The highest BCUT2D eigenvalue weighted by atomic mass is 16.3. The van der Waals surface area contributed by atoms with Crippen LogP contribution in [0.3, 0.4) is 0 Å². The molecule has 92 valence electrons. The van der Waals surface area contributed by atoms with Gasteiger partial charge in [-0.2, -0.15) is 5.10 Å². The molecular formula is C12H23N3O. The fourth-order valence-corrected chi connectivity index (χ4v) is 1.53. The van der Waals surface area contributed by atoms with Crippen LogP contribution in [-0.2, 0) is 6.54 Å². The molecule has 0 aliphatic rings. The van der Waals surface area contributed by atoms with E-state index in [1.807, 2.05) is 10.7 Å². The van der Waals surface area contributed by atoms with Gasteiger partial charge < -0.3 is 10.4 Å². The van der Waals surface area contributed by atoms with Crippen LogP contribution in [0, 0.1) is 0 Å². The van der Waals surface area contributed by atoms with E-state index in [1.54, 1.807) is 6.20 Å².